The van der Waals surface area contributed by atoms with Crippen LogP contribution in [0, 0.1) is 0 Å². The molecule has 25 heavy (non-hydrogen) atoms. The van der Waals surface area contributed by atoms with Crippen molar-refractivity contribution < 1.29 is 19.1 Å². The number of nitrogens with zero attached hydrogens (tertiary/aromatic N) is 1. The van der Waals surface area contributed by atoms with Gasteiger partial charge in [0.2, 0.25) is 0 Å². The first-order valence-electron chi connectivity index (χ1n) is 8.55. The molecule has 0 saturated carbocycles. The third kappa shape index (κ3) is 6.06. The van der Waals surface area contributed by atoms with E-state index in [0.717, 1.165) is 44.3 Å². The van der Waals surface area contributed by atoms with Crippen molar-refractivity contribution in [3.63, 3.8) is 0 Å². The molecule has 0 atom stereocenters. The molecule has 0 radical (unpaired) electrons. The van der Waals surface area contributed by atoms with Gasteiger partial charge in [-0.3, -0.25) is 9.59 Å². The van der Waals surface area contributed by atoms with Crippen LogP contribution in [0.25, 0.3) is 6.08 Å². The number of rotatable bonds is 5. The first-order chi connectivity index (χ1) is 12.1. The van der Waals surface area contributed by atoms with E-state index in [2.05, 4.69) is 5.32 Å². The summed E-state index contributed by atoms with van der Waals surface area (Å²) in [4.78, 5) is 37.0. The Hall–Kier alpha value is -2.63. The number of carbonyl (C=O) groups is 3. The van der Waals surface area contributed by atoms with Gasteiger partial charge in [-0.2, -0.15) is 0 Å². The van der Waals surface area contributed by atoms with Crippen LogP contribution in [-0.4, -0.2) is 49.4 Å². The monoisotopic (exact) mass is 344 g/mol. The first-order valence-corrected chi connectivity index (χ1v) is 8.55. The van der Waals surface area contributed by atoms with Gasteiger partial charge < -0.3 is 15.0 Å². The lowest BCUT2D eigenvalue weighted by Gasteiger charge is -2.19. The van der Waals surface area contributed by atoms with Gasteiger partial charge in [0.1, 0.15) is 0 Å². The number of ether oxygens (including phenoxy) is 1. The van der Waals surface area contributed by atoms with Crippen LogP contribution in [0.1, 0.15) is 41.6 Å². The Morgan fingerprint density at radius 3 is 2.32 bits per heavy atom. The summed E-state index contributed by atoms with van der Waals surface area (Å²) in [6.07, 6.45) is 7.17. The maximum Gasteiger partial charge on any atom is 0.331 e. The minimum absolute atomic E-state index is 0.140. The molecule has 6 heteroatoms. The van der Waals surface area contributed by atoms with Crippen LogP contribution in [0.5, 0.6) is 0 Å². The van der Waals surface area contributed by atoms with Crippen molar-refractivity contribution in [1.29, 1.82) is 0 Å². The Morgan fingerprint density at radius 1 is 1.08 bits per heavy atom. The zero-order chi connectivity index (χ0) is 18.1. The zero-order valence-corrected chi connectivity index (χ0v) is 14.5. The largest absolute Gasteiger partial charge is 0.452 e. The van der Waals surface area contributed by atoms with E-state index in [4.69, 9.17) is 4.74 Å². The lowest BCUT2D eigenvalue weighted by molar-refractivity contribution is -0.148. The van der Waals surface area contributed by atoms with E-state index < -0.39 is 5.97 Å². The molecule has 1 aliphatic rings. The van der Waals surface area contributed by atoms with E-state index in [0.29, 0.717) is 5.56 Å². The van der Waals surface area contributed by atoms with E-state index >= 15 is 0 Å². The van der Waals surface area contributed by atoms with E-state index in [-0.39, 0.29) is 18.4 Å². The molecular weight excluding hydrogens is 320 g/mol. The molecule has 0 unspecified atom stereocenters. The highest BCUT2D eigenvalue weighted by atomic mass is 16.5. The smallest absolute Gasteiger partial charge is 0.331 e. The van der Waals surface area contributed by atoms with Crippen LogP contribution in [0.2, 0.25) is 0 Å². The van der Waals surface area contributed by atoms with Crippen LogP contribution in [0.15, 0.2) is 30.3 Å². The third-order valence-corrected chi connectivity index (χ3v) is 4.11. The summed E-state index contributed by atoms with van der Waals surface area (Å²) in [5.74, 6) is -0.862. The van der Waals surface area contributed by atoms with Crippen LogP contribution >= 0.6 is 0 Å². The highest BCUT2D eigenvalue weighted by Gasteiger charge is 2.16. The molecule has 0 bridgehead atoms. The summed E-state index contributed by atoms with van der Waals surface area (Å²) in [5.41, 5.74) is 1.31. The summed E-state index contributed by atoms with van der Waals surface area (Å²) >= 11 is 0. The number of esters is 1. The minimum atomic E-state index is -0.557. The molecule has 0 aliphatic carbocycles. The van der Waals surface area contributed by atoms with Gasteiger partial charge in [-0.1, -0.05) is 25.0 Å². The maximum atomic E-state index is 12.0. The van der Waals surface area contributed by atoms with E-state index in [9.17, 15) is 14.4 Å². The number of benzene rings is 1. The van der Waals surface area contributed by atoms with E-state index in [1.54, 1.807) is 42.3 Å². The van der Waals surface area contributed by atoms with Crippen molar-refractivity contribution in [2.75, 3.05) is 26.7 Å². The number of nitrogens with one attached hydrogen (secondary N) is 1. The second-order valence-corrected chi connectivity index (χ2v) is 5.94. The van der Waals surface area contributed by atoms with Gasteiger partial charge in [-0.15, -0.1) is 0 Å². The van der Waals surface area contributed by atoms with Crippen molar-refractivity contribution in [3.8, 4) is 0 Å². The summed E-state index contributed by atoms with van der Waals surface area (Å²) in [7, 11) is 1.57. The first kappa shape index (κ1) is 18.7. The molecule has 1 N–H and O–H groups in total. The highest BCUT2D eigenvalue weighted by Crippen LogP contribution is 2.10. The molecule has 1 aromatic rings. The van der Waals surface area contributed by atoms with Crippen molar-refractivity contribution >= 4 is 23.9 Å². The molecule has 1 fully saturated rings. The van der Waals surface area contributed by atoms with Gasteiger partial charge in [0, 0.05) is 31.8 Å². The fraction of sp³-hybridized carbons (Fsp3) is 0.421. The quantitative estimate of drug-likeness (QED) is 0.655. The highest BCUT2D eigenvalue weighted by molar-refractivity contribution is 5.94. The predicted molar refractivity (Wildman–Crippen MR) is 94.9 cm³/mol. The van der Waals surface area contributed by atoms with Crippen LogP contribution in [0.3, 0.4) is 0 Å². The van der Waals surface area contributed by atoms with Crippen LogP contribution in [-0.2, 0) is 14.3 Å². The second-order valence-electron chi connectivity index (χ2n) is 5.94. The molecule has 1 heterocycles. The number of amides is 2. The van der Waals surface area contributed by atoms with E-state index in [1.165, 1.54) is 6.08 Å². The summed E-state index contributed by atoms with van der Waals surface area (Å²) < 4.78 is 5.02. The van der Waals surface area contributed by atoms with Crippen LogP contribution < -0.4 is 5.32 Å². The predicted octanol–water partition coefficient (Wildman–Crippen LogP) is 2.01. The molecular formula is C19H24N2O4. The van der Waals surface area contributed by atoms with Crippen LogP contribution in [0.4, 0.5) is 0 Å². The molecule has 6 nitrogen and oxygen atoms in total. The maximum absolute atomic E-state index is 12.0. The van der Waals surface area contributed by atoms with Gasteiger partial charge in [-0.05, 0) is 36.6 Å². The molecule has 2 amide bonds. The fourth-order valence-corrected chi connectivity index (χ4v) is 2.65. The molecule has 2 rings (SSSR count). The zero-order valence-electron chi connectivity index (χ0n) is 14.5. The Balaban J connectivity index is 1.80. The fourth-order valence-electron chi connectivity index (χ4n) is 2.65. The standard InChI is InChI=1S/C19H24N2O4/c1-20-19(24)16-9-6-15(7-10-16)8-11-18(23)25-14-17(22)21-12-4-2-3-5-13-21/h6-11H,2-5,12-14H2,1H3,(H,20,24)/b11-8+. The Morgan fingerprint density at radius 2 is 1.72 bits per heavy atom. The molecule has 1 aliphatic heterocycles. The molecule has 1 saturated heterocycles. The molecule has 0 spiro atoms. The van der Waals surface area contributed by atoms with Crippen molar-refractivity contribution in [2.24, 2.45) is 0 Å². The molecule has 0 aromatic heterocycles. The Labute approximate surface area is 147 Å². The number of carbonyl (C=O) groups excluding carboxylic acids is 3. The Kier molecular flexibility index (Phi) is 7.19. The topological polar surface area (TPSA) is 75.7 Å². The van der Waals surface area contributed by atoms with Crippen molar-refractivity contribution in [3.05, 3.63) is 41.5 Å². The number of hydrogen-bond donors (Lipinski definition) is 1. The molecule has 134 valence electrons. The average Bonchev–Trinajstić information content (AvgIpc) is 2.93. The van der Waals surface area contributed by atoms with Gasteiger partial charge in [-0.25, -0.2) is 4.79 Å². The van der Waals surface area contributed by atoms with Crippen molar-refractivity contribution in [1.82, 2.24) is 10.2 Å². The second kappa shape index (κ2) is 9.61. The number of likely N-dealkylation sites (tertiary alicyclic amines) is 1. The molecule has 1 aromatic carbocycles. The summed E-state index contributed by atoms with van der Waals surface area (Å²) in [5, 5.41) is 2.54. The SMILES string of the molecule is CNC(=O)c1ccc(/C=C/C(=O)OCC(=O)N2CCCCCC2)cc1. The normalized spacial score (nSPS) is 14.8. The van der Waals surface area contributed by atoms with Gasteiger partial charge >= 0.3 is 5.97 Å². The average molecular weight is 344 g/mol. The third-order valence-electron chi connectivity index (χ3n) is 4.11. The lowest BCUT2D eigenvalue weighted by Crippen LogP contribution is -2.35. The van der Waals surface area contributed by atoms with Gasteiger partial charge in [0.05, 0.1) is 0 Å². The summed E-state index contributed by atoms with van der Waals surface area (Å²) in [6, 6.07) is 6.81. The number of hydrogen-bond acceptors (Lipinski definition) is 4. The summed E-state index contributed by atoms with van der Waals surface area (Å²) in [6.45, 7) is 1.26. The van der Waals surface area contributed by atoms with Gasteiger partial charge in [0.15, 0.2) is 6.61 Å². The van der Waals surface area contributed by atoms with E-state index in [1.807, 2.05) is 0 Å². The lowest BCUT2D eigenvalue weighted by atomic mass is 10.1. The minimum Gasteiger partial charge on any atom is -0.452 e. The van der Waals surface area contributed by atoms with Gasteiger partial charge in [0.25, 0.3) is 11.8 Å². The van der Waals surface area contributed by atoms with Crippen molar-refractivity contribution in [2.45, 2.75) is 25.7 Å². The Bertz CT molecular complexity index is 629.